The van der Waals surface area contributed by atoms with Crippen LogP contribution in [-0.4, -0.2) is 13.6 Å². The number of hydrogen-bond donors (Lipinski definition) is 1. The van der Waals surface area contributed by atoms with Crippen molar-refractivity contribution in [2.24, 2.45) is 17.3 Å². The fourth-order valence-corrected chi connectivity index (χ4v) is 4.27. The van der Waals surface area contributed by atoms with E-state index in [1.54, 1.807) is 6.42 Å². The lowest BCUT2D eigenvalue weighted by Gasteiger charge is -2.31. The molecule has 0 radical (unpaired) electrons. The predicted molar refractivity (Wildman–Crippen MR) is 79.8 cm³/mol. The quantitative estimate of drug-likeness (QED) is 0.552. The molecule has 0 aliphatic heterocycles. The Morgan fingerprint density at radius 2 is 1.56 bits per heavy atom. The van der Waals surface area contributed by atoms with Crippen LogP contribution in [0.2, 0.25) is 0 Å². The minimum Gasteiger partial charge on any atom is -0.319 e. The molecule has 2 saturated carbocycles. The first-order valence-electron chi connectivity index (χ1n) is 8.44. The van der Waals surface area contributed by atoms with Gasteiger partial charge in [-0.1, -0.05) is 51.9 Å². The third kappa shape index (κ3) is 3.98. The standard InChI is InChI=1S/C17H33N/c1-3-4-5-6-7-8-9-10-17(14-18-2)12-15-11-16(15)13-17/h15-16,18H,3-14H2,1-2H3. The van der Waals surface area contributed by atoms with Gasteiger partial charge in [-0.05, 0) is 50.0 Å². The van der Waals surface area contributed by atoms with Crippen LogP contribution in [0.15, 0.2) is 0 Å². The molecule has 0 saturated heterocycles. The maximum atomic E-state index is 3.46. The maximum absolute atomic E-state index is 3.46. The highest BCUT2D eigenvalue weighted by Gasteiger charge is 2.52. The molecule has 1 heteroatoms. The van der Waals surface area contributed by atoms with Gasteiger partial charge in [-0.15, -0.1) is 0 Å². The summed E-state index contributed by atoms with van der Waals surface area (Å²) in [5, 5.41) is 3.46. The third-order valence-electron chi connectivity index (χ3n) is 5.32. The average Bonchev–Trinajstić information content (AvgIpc) is 2.97. The largest absolute Gasteiger partial charge is 0.319 e. The van der Waals surface area contributed by atoms with Gasteiger partial charge in [0.05, 0.1) is 0 Å². The van der Waals surface area contributed by atoms with E-state index in [1.165, 1.54) is 70.8 Å². The fraction of sp³-hybridized carbons (Fsp3) is 1.00. The van der Waals surface area contributed by atoms with Crippen molar-refractivity contribution in [1.82, 2.24) is 5.32 Å². The summed E-state index contributed by atoms with van der Waals surface area (Å²) in [5.41, 5.74) is 0.700. The Morgan fingerprint density at radius 1 is 0.944 bits per heavy atom. The number of hydrogen-bond acceptors (Lipinski definition) is 1. The Labute approximate surface area is 114 Å². The summed E-state index contributed by atoms with van der Waals surface area (Å²) >= 11 is 0. The summed E-state index contributed by atoms with van der Waals surface area (Å²) in [6.07, 6.45) is 16.3. The minimum atomic E-state index is 0.700. The molecule has 2 rings (SSSR count). The smallest absolute Gasteiger partial charge is 0.000501 e. The predicted octanol–water partition coefficient (Wildman–Crippen LogP) is 4.76. The van der Waals surface area contributed by atoms with Crippen LogP contribution in [0.4, 0.5) is 0 Å². The van der Waals surface area contributed by atoms with Gasteiger partial charge >= 0.3 is 0 Å². The van der Waals surface area contributed by atoms with E-state index in [4.69, 9.17) is 0 Å². The number of rotatable bonds is 10. The van der Waals surface area contributed by atoms with Crippen LogP contribution >= 0.6 is 0 Å². The van der Waals surface area contributed by atoms with E-state index in [0.29, 0.717) is 5.41 Å². The molecule has 1 N–H and O–H groups in total. The van der Waals surface area contributed by atoms with Crippen molar-refractivity contribution in [2.75, 3.05) is 13.6 Å². The number of nitrogens with one attached hydrogen (secondary N) is 1. The molecule has 2 aliphatic carbocycles. The van der Waals surface area contributed by atoms with Crippen LogP contribution in [0, 0.1) is 17.3 Å². The van der Waals surface area contributed by atoms with Gasteiger partial charge in [0.1, 0.15) is 0 Å². The summed E-state index contributed by atoms with van der Waals surface area (Å²) in [7, 11) is 2.14. The Morgan fingerprint density at radius 3 is 2.17 bits per heavy atom. The zero-order valence-corrected chi connectivity index (χ0v) is 12.6. The van der Waals surface area contributed by atoms with E-state index in [2.05, 4.69) is 19.3 Å². The SMILES string of the molecule is CCCCCCCCCC1(CNC)CC2CC2C1. The molecule has 0 aromatic heterocycles. The molecular formula is C17H33N. The molecule has 2 aliphatic rings. The summed E-state index contributed by atoms with van der Waals surface area (Å²) in [5.74, 6) is 2.26. The molecule has 1 nitrogen and oxygen atoms in total. The molecule has 2 atom stereocenters. The first-order valence-corrected chi connectivity index (χ1v) is 8.44. The van der Waals surface area contributed by atoms with Gasteiger partial charge in [0.15, 0.2) is 0 Å². The van der Waals surface area contributed by atoms with E-state index in [1.807, 2.05) is 0 Å². The summed E-state index contributed by atoms with van der Waals surface area (Å²) in [6, 6.07) is 0. The van der Waals surface area contributed by atoms with Crippen molar-refractivity contribution in [3.8, 4) is 0 Å². The Hall–Kier alpha value is -0.0400. The topological polar surface area (TPSA) is 12.0 Å². The van der Waals surface area contributed by atoms with Crippen molar-refractivity contribution in [3.63, 3.8) is 0 Å². The lowest BCUT2D eigenvalue weighted by molar-refractivity contribution is 0.227. The molecule has 2 fully saturated rings. The molecular weight excluding hydrogens is 218 g/mol. The first kappa shape index (κ1) is 14.4. The summed E-state index contributed by atoms with van der Waals surface area (Å²) in [6.45, 7) is 3.57. The molecule has 0 spiro atoms. The van der Waals surface area contributed by atoms with Gasteiger partial charge < -0.3 is 5.32 Å². The molecule has 2 unspecified atom stereocenters. The number of unbranched alkanes of at least 4 members (excludes halogenated alkanes) is 6. The highest BCUT2D eigenvalue weighted by atomic mass is 14.8. The molecule has 0 aromatic rings. The molecule has 18 heavy (non-hydrogen) atoms. The molecule has 0 bridgehead atoms. The van der Waals surface area contributed by atoms with Gasteiger partial charge in [-0.25, -0.2) is 0 Å². The van der Waals surface area contributed by atoms with Crippen LogP contribution < -0.4 is 5.32 Å². The summed E-state index contributed by atoms with van der Waals surface area (Å²) < 4.78 is 0. The van der Waals surface area contributed by atoms with Gasteiger partial charge in [0.2, 0.25) is 0 Å². The van der Waals surface area contributed by atoms with Crippen molar-refractivity contribution in [2.45, 2.75) is 77.6 Å². The zero-order valence-electron chi connectivity index (χ0n) is 12.6. The highest BCUT2D eigenvalue weighted by Crippen LogP contribution is 2.61. The van der Waals surface area contributed by atoms with Crippen LogP contribution in [0.5, 0.6) is 0 Å². The van der Waals surface area contributed by atoms with E-state index >= 15 is 0 Å². The third-order valence-corrected chi connectivity index (χ3v) is 5.32. The van der Waals surface area contributed by atoms with E-state index in [0.717, 1.165) is 11.8 Å². The molecule has 0 heterocycles. The van der Waals surface area contributed by atoms with Crippen LogP contribution in [0.1, 0.15) is 77.6 Å². The Kier molecular flexibility index (Phi) is 5.54. The lowest BCUT2D eigenvalue weighted by Crippen LogP contribution is -2.31. The van der Waals surface area contributed by atoms with Gasteiger partial charge in [0.25, 0.3) is 0 Å². The second kappa shape index (κ2) is 6.93. The summed E-state index contributed by atoms with van der Waals surface area (Å²) in [4.78, 5) is 0. The molecule has 106 valence electrons. The van der Waals surface area contributed by atoms with Crippen molar-refractivity contribution in [1.29, 1.82) is 0 Å². The van der Waals surface area contributed by atoms with Crippen molar-refractivity contribution in [3.05, 3.63) is 0 Å². The second-order valence-corrected chi connectivity index (χ2v) is 7.07. The first-order chi connectivity index (χ1) is 8.79. The Balaban J connectivity index is 1.56. The van der Waals surface area contributed by atoms with E-state index in [9.17, 15) is 0 Å². The average molecular weight is 251 g/mol. The molecule has 0 amide bonds. The van der Waals surface area contributed by atoms with Crippen LogP contribution in [0.3, 0.4) is 0 Å². The Bertz CT molecular complexity index is 226. The molecule has 0 aromatic carbocycles. The van der Waals surface area contributed by atoms with Gasteiger partial charge in [-0.3, -0.25) is 0 Å². The second-order valence-electron chi connectivity index (χ2n) is 7.07. The number of fused-ring (bicyclic) bond motifs is 1. The van der Waals surface area contributed by atoms with Gasteiger partial charge in [0, 0.05) is 6.54 Å². The monoisotopic (exact) mass is 251 g/mol. The fourth-order valence-electron chi connectivity index (χ4n) is 4.27. The van der Waals surface area contributed by atoms with Crippen molar-refractivity contribution < 1.29 is 0 Å². The van der Waals surface area contributed by atoms with Gasteiger partial charge in [-0.2, -0.15) is 0 Å². The minimum absolute atomic E-state index is 0.700. The lowest BCUT2D eigenvalue weighted by atomic mass is 9.78. The van der Waals surface area contributed by atoms with Crippen LogP contribution in [0.25, 0.3) is 0 Å². The normalized spacial score (nSPS) is 33.7. The van der Waals surface area contributed by atoms with Crippen LogP contribution in [-0.2, 0) is 0 Å². The van der Waals surface area contributed by atoms with E-state index in [-0.39, 0.29) is 0 Å². The maximum Gasteiger partial charge on any atom is 0.000501 e. The highest BCUT2D eigenvalue weighted by molar-refractivity contribution is 5.03. The van der Waals surface area contributed by atoms with Crippen molar-refractivity contribution >= 4 is 0 Å². The van der Waals surface area contributed by atoms with E-state index < -0.39 is 0 Å². The zero-order chi connectivity index (χ0) is 12.8.